The predicted molar refractivity (Wildman–Crippen MR) is 110 cm³/mol. The molecule has 0 N–H and O–H groups in total. The lowest BCUT2D eigenvalue weighted by Crippen LogP contribution is -2.33. The lowest BCUT2D eigenvalue weighted by Gasteiger charge is -2.19. The normalized spacial score (nSPS) is 21.1. The number of carbonyl (C=O) groups excluding carboxylic acids is 3. The second-order valence-electron chi connectivity index (χ2n) is 8.13. The first kappa shape index (κ1) is 20.3. The molecule has 0 unspecified atom stereocenters. The zero-order chi connectivity index (χ0) is 21.3. The van der Waals surface area contributed by atoms with Crippen molar-refractivity contribution in [1.82, 2.24) is 14.7 Å². The van der Waals surface area contributed by atoms with E-state index in [1.807, 2.05) is 48.9 Å². The second-order valence-corrected chi connectivity index (χ2v) is 8.13. The fourth-order valence-electron chi connectivity index (χ4n) is 4.58. The Kier molecular flexibility index (Phi) is 5.70. The molecule has 0 radical (unpaired) electrons. The highest BCUT2D eigenvalue weighted by atomic mass is 16.5. The van der Waals surface area contributed by atoms with Crippen molar-refractivity contribution in [3.05, 3.63) is 47.3 Å². The van der Waals surface area contributed by atoms with Crippen molar-refractivity contribution in [2.45, 2.75) is 52.6 Å². The Morgan fingerprint density at radius 2 is 1.70 bits per heavy atom. The largest absolute Gasteiger partial charge is 0.461 e. The van der Waals surface area contributed by atoms with E-state index in [4.69, 9.17) is 4.74 Å². The molecule has 1 aliphatic heterocycles. The summed E-state index contributed by atoms with van der Waals surface area (Å²) >= 11 is 0. The third kappa shape index (κ3) is 3.76. The minimum atomic E-state index is -0.420. The SMILES string of the molecule is Cc1nn(-c2ccccc2)c(C)c1COC(=O)CCN1C(=O)[C@H]2CCCC[C@@H]2C1=O. The van der Waals surface area contributed by atoms with E-state index in [1.54, 1.807) is 0 Å². The number of likely N-dealkylation sites (tertiary alicyclic amines) is 1. The van der Waals surface area contributed by atoms with Crippen LogP contribution in [0.2, 0.25) is 0 Å². The summed E-state index contributed by atoms with van der Waals surface area (Å²) in [6, 6.07) is 9.78. The van der Waals surface area contributed by atoms with Gasteiger partial charge in [-0.3, -0.25) is 19.3 Å². The van der Waals surface area contributed by atoms with Crippen LogP contribution >= 0.6 is 0 Å². The lowest BCUT2D eigenvalue weighted by atomic mass is 9.81. The number of para-hydroxylation sites is 1. The van der Waals surface area contributed by atoms with E-state index in [0.717, 1.165) is 48.3 Å². The Balaban J connectivity index is 1.34. The molecule has 1 saturated carbocycles. The average molecular weight is 409 g/mol. The smallest absolute Gasteiger partial charge is 0.307 e. The zero-order valence-electron chi connectivity index (χ0n) is 17.5. The number of aryl methyl sites for hydroxylation is 1. The number of ether oxygens (including phenoxy) is 1. The number of imide groups is 1. The Morgan fingerprint density at radius 3 is 2.33 bits per heavy atom. The fraction of sp³-hybridized carbons (Fsp3) is 0.478. The summed E-state index contributed by atoms with van der Waals surface area (Å²) in [4.78, 5) is 38.6. The van der Waals surface area contributed by atoms with Crippen LogP contribution in [0.1, 0.15) is 49.1 Å². The van der Waals surface area contributed by atoms with E-state index in [-0.39, 0.29) is 43.2 Å². The number of rotatable bonds is 6. The van der Waals surface area contributed by atoms with Gasteiger partial charge in [0.05, 0.1) is 29.6 Å². The number of hydrogen-bond donors (Lipinski definition) is 0. The summed E-state index contributed by atoms with van der Waals surface area (Å²) in [5.74, 6) is -1.02. The topological polar surface area (TPSA) is 81.5 Å². The molecule has 2 aliphatic rings. The molecule has 7 heteroatoms. The van der Waals surface area contributed by atoms with Crippen LogP contribution in [-0.4, -0.2) is 39.0 Å². The van der Waals surface area contributed by atoms with Gasteiger partial charge in [-0.15, -0.1) is 0 Å². The molecule has 4 rings (SSSR count). The highest BCUT2D eigenvalue weighted by Crippen LogP contribution is 2.38. The summed E-state index contributed by atoms with van der Waals surface area (Å²) in [6.45, 7) is 4.06. The van der Waals surface area contributed by atoms with Crippen LogP contribution in [-0.2, 0) is 25.7 Å². The molecular weight excluding hydrogens is 382 g/mol. The van der Waals surface area contributed by atoms with E-state index >= 15 is 0 Å². The quantitative estimate of drug-likeness (QED) is 0.541. The third-order valence-corrected chi connectivity index (χ3v) is 6.29. The van der Waals surface area contributed by atoms with Crippen molar-refractivity contribution in [2.75, 3.05) is 6.54 Å². The Labute approximate surface area is 176 Å². The van der Waals surface area contributed by atoms with Gasteiger partial charge in [-0.2, -0.15) is 5.10 Å². The van der Waals surface area contributed by atoms with Gasteiger partial charge >= 0.3 is 5.97 Å². The fourth-order valence-corrected chi connectivity index (χ4v) is 4.58. The van der Waals surface area contributed by atoms with E-state index in [9.17, 15) is 14.4 Å². The number of amides is 2. The van der Waals surface area contributed by atoms with Crippen LogP contribution in [0.5, 0.6) is 0 Å². The number of carbonyl (C=O) groups is 3. The summed E-state index contributed by atoms with van der Waals surface area (Å²) in [5, 5.41) is 4.56. The minimum absolute atomic E-state index is 0.0157. The summed E-state index contributed by atoms with van der Waals surface area (Å²) in [5.41, 5.74) is 3.54. The van der Waals surface area contributed by atoms with E-state index in [1.165, 1.54) is 4.90 Å². The maximum Gasteiger partial charge on any atom is 0.307 e. The monoisotopic (exact) mass is 409 g/mol. The van der Waals surface area contributed by atoms with Crippen molar-refractivity contribution in [2.24, 2.45) is 11.8 Å². The Bertz CT molecular complexity index is 942. The van der Waals surface area contributed by atoms with E-state index in [2.05, 4.69) is 5.10 Å². The first-order valence-corrected chi connectivity index (χ1v) is 10.6. The van der Waals surface area contributed by atoms with Crippen LogP contribution in [0, 0.1) is 25.7 Å². The number of hydrogen-bond acceptors (Lipinski definition) is 5. The molecule has 2 amide bonds. The molecule has 0 bridgehead atoms. The Morgan fingerprint density at radius 1 is 1.07 bits per heavy atom. The number of aromatic nitrogens is 2. The molecule has 30 heavy (non-hydrogen) atoms. The third-order valence-electron chi connectivity index (χ3n) is 6.29. The van der Waals surface area contributed by atoms with Crippen molar-refractivity contribution in [1.29, 1.82) is 0 Å². The molecule has 2 atom stereocenters. The molecule has 158 valence electrons. The van der Waals surface area contributed by atoms with Gasteiger partial charge in [0, 0.05) is 17.8 Å². The number of esters is 1. The van der Waals surface area contributed by atoms with Gasteiger partial charge in [0.15, 0.2) is 0 Å². The van der Waals surface area contributed by atoms with Crippen LogP contribution in [0.15, 0.2) is 30.3 Å². The van der Waals surface area contributed by atoms with Gasteiger partial charge in [-0.1, -0.05) is 31.0 Å². The Hall–Kier alpha value is -2.96. The van der Waals surface area contributed by atoms with Crippen LogP contribution in [0.4, 0.5) is 0 Å². The van der Waals surface area contributed by atoms with Gasteiger partial charge in [0.2, 0.25) is 11.8 Å². The van der Waals surface area contributed by atoms with E-state index in [0.29, 0.717) is 0 Å². The molecule has 2 heterocycles. The average Bonchev–Trinajstić information content (AvgIpc) is 3.18. The van der Waals surface area contributed by atoms with Crippen molar-refractivity contribution < 1.29 is 19.1 Å². The standard InChI is InChI=1S/C23H27N3O4/c1-15-20(16(2)26(24-15)17-8-4-3-5-9-17)14-30-21(27)12-13-25-22(28)18-10-6-7-11-19(18)23(25)29/h3-5,8-9,18-19H,6-7,10-14H2,1-2H3/t18-,19-/m0/s1. The lowest BCUT2D eigenvalue weighted by molar-refractivity contribution is -0.146. The molecular formula is C23H27N3O4. The molecule has 1 aliphatic carbocycles. The molecule has 1 aromatic carbocycles. The minimum Gasteiger partial charge on any atom is -0.461 e. The maximum absolute atomic E-state index is 12.5. The summed E-state index contributed by atoms with van der Waals surface area (Å²) in [6.07, 6.45) is 3.55. The van der Waals surface area contributed by atoms with Gasteiger partial charge in [-0.25, -0.2) is 4.68 Å². The highest BCUT2D eigenvalue weighted by Gasteiger charge is 2.47. The molecule has 7 nitrogen and oxygen atoms in total. The zero-order valence-corrected chi connectivity index (χ0v) is 17.5. The van der Waals surface area contributed by atoms with Crippen LogP contribution < -0.4 is 0 Å². The number of nitrogens with zero attached hydrogens (tertiary/aromatic N) is 3. The van der Waals surface area contributed by atoms with Crippen molar-refractivity contribution in [3.63, 3.8) is 0 Å². The van der Waals surface area contributed by atoms with Gasteiger partial charge in [-0.05, 0) is 38.8 Å². The highest BCUT2D eigenvalue weighted by molar-refractivity contribution is 6.05. The number of benzene rings is 1. The van der Waals surface area contributed by atoms with Gasteiger partial charge in [0.25, 0.3) is 0 Å². The first-order valence-electron chi connectivity index (χ1n) is 10.6. The second kappa shape index (κ2) is 8.42. The molecule has 1 saturated heterocycles. The molecule has 1 aromatic heterocycles. The van der Waals surface area contributed by atoms with Crippen LogP contribution in [0.3, 0.4) is 0 Å². The van der Waals surface area contributed by atoms with E-state index < -0.39 is 5.97 Å². The summed E-state index contributed by atoms with van der Waals surface area (Å²) < 4.78 is 7.28. The number of fused-ring (bicyclic) bond motifs is 1. The maximum atomic E-state index is 12.5. The van der Waals surface area contributed by atoms with Gasteiger partial charge < -0.3 is 4.74 Å². The van der Waals surface area contributed by atoms with Crippen LogP contribution in [0.25, 0.3) is 5.69 Å². The van der Waals surface area contributed by atoms with Crippen molar-refractivity contribution in [3.8, 4) is 5.69 Å². The van der Waals surface area contributed by atoms with Crippen molar-refractivity contribution >= 4 is 17.8 Å². The molecule has 2 fully saturated rings. The predicted octanol–water partition coefficient (Wildman–Crippen LogP) is 3.10. The first-order chi connectivity index (χ1) is 14.5. The van der Waals surface area contributed by atoms with Gasteiger partial charge in [0.1, 0.15) is 6.61 Å². The molecule has 0 spiro atoms. The summed E-state index contributed by atoms with van der Waals surface area (Å²) in [7, 11) is 0. The molecule has 2 aromatic rings.